The van der Waals surface area contributed by atoms with Gasteiger partial charge in [0, 0.05) is 16.5 Å². The first kappa shape index (κ1) is 27.2. The van der Waals surface area contributed by atoms with Gasteiger partial charge in [0.05, 0.1) is 22.3 Å². The zero-order chi connectivity index (χ0) is 29.9. The van der Waals surface area contributed by atoms with E-state index >= 15 is 0 Å². The van der Waals surface area contributed by atoms with E-state index < -0.39 is 0 Å². The number of para-hydroxylation sites is 4. The highest BCUT2D eigenvalue weighted by molar-refractivity contribution is 5.87. The van der Waals surface area contributed by atoms with Gasteiger partial charge in [-0.25, -0.2) is 4.98 Å². The molecule has 0 atom stereocenters. The minimum atomic E-state index is -0.208. The fourth-order valence-corrected chi connectivity index (χ4v) is 6.69. The molecule has 0 fully saturated rings. The van der Waals surface area contributed by atoms with Crippen molar-refractivity contribution in [2.24, 2.45) is 0 Å². The molecule has 1 aliphatic rings. The van der Waals surface area contributed by atoms with E-state index in [0.29, 0.717) is 11.8 Å². The normalized spacial score (nSPS) is 13.7. The lowest BCUT2D eigenvalue weighted by molar-refractivity contribution is 0.419. The maximum absolute atomic E-state index is 6.76. The van der Waals surface area contributed by atoms with Crippen LogP contribution in [0.5, 0.6) is 11.5 Å². The van der Waals surface area contributed by atoms with Crippen molar-refractivity contribution in [2.75, 3.05) is 0 Å². The molecule has 0 aliphatic carbocycles. The van der Waals surface area contributed by atoms with Crippen molar-refractivity contribution in [3.8, 4) is 39.7 Å². The molecule has 0 amide bonds. The summed E-state index contributed by atoms with van der Waals surface area (Å²) < 4.78 is 9.17. The van der Waals surface area contributed by atoms with Gasteiger partial charge in [-0.1, -0.05) is 114 Å². The molecule has 0 spiro atoms. The number of ether oxygens (including phenoxy) is 1. The summed E-state index contributed by atoms with van der Waals surface area (Å²) in [6.45, 7) is 13.8. The summed E-state index contributed by atoms with van der Waals surface area (Å²) in [4.78, 5) is 5.34. The molecule has 0 radical (unpaired) electrons. The molecule has 1 aromatic heterocycles. The van der Waals surface area contributed by atoms with Gasteiger partial charge < -0.3 is 4.74 Å². The number of nitrogens with zero attached hydrogens (tertiary/aromatic N) is 2. The molecule has 0 saturated carbocycles. The van der Waals surface area contributed by atoms with Crippen LogP contribution in [0.3, 0.4) is 0 Å². The van der Waals surface area contributed by atoms with Crippen LogP contribution in [0.4, 0.5) is 0 Å². The Balaban J connectivity index is 1.55. The number of fused-ring (bicyclic) bond motifs is 3. The second kappa shape index (κ2) is 10.3. The zero-order valence-electron chi connectivity index (χ0n) is 25.8. The van der Waals surface area contributed by atoms with Gasteiger partial charge in [-0.2, -0.15) is 0 Å². The molecular weight excluding hydrogens is 524 g/mol. The zero-order valence-corrected chi connectivity index (χ0v) is 25.8. The average molecular weight is 563 g/mol. The van der Waals surface area contributed by atoms with Gasteiger partial charge in [0.15, 0.2) is 0 Å². The van der Waals surface area contributed by atoms with Crippen molar-refractivity contribution in [3.05, 3.63) is 131 Å². The molecule has 0 unspecified atom stereocenters. The summed E-state index contributed by atoms with van der Waals surface area (Å²) in [5.41, 5.74) is 11.6. The molecule has 1 aliphatic heterocycles. The molecule has 5 aromatic carbocycles. The van der Waals surface area contributed by atoms with E-state index in [0.717, 1.165) is 33.9 Å². The largest absolute Gasteiger partial charge is 0.456 e. The number of aromatic nitrogens is 2. The lowest BCUT2D eigenvalue weighted by Crippen LogP contribution is -2.24. The van der Waals surface area contributed by atoms with Crippen LogP contribution in [0.2, 0.25) is 0 Å². The molecule has 0 N–H and O–H groups in total. The maximum atomic E-state index is 6.76. The highest BCUT2D eigenvalue weighted by Crippen LogP contribution is 2.51. The first-order valence-electron chi connectivity index (χ1n) is 15.4. The SMILES string of the molecule is CC(C)c1cc(-c2ccccc2)cc(C(C)C)c1-n1c(-c2cccc3c2Oc2ccccc2C3(C)C)nc2ccccc21. The molecule has 214 valence electrons. The topological polar surface area (TPSA) is 27.1 Å². The Morgan fingerprint density at radius 2 is 1.28 bits per heavy atom. The van der Waals surface area contributed by atoms with Crippen LogP contribution < -0.4 is 4.74 Å². The van der Waals surface area contributed by atoms with Gasteiger partial charge >= 0.3 is 0 Å². The van der Waals surface area contributed by atoms with Crippen LogP contribution in [-0.2, 0) is 5.41 Å². The molecule has 7 rings (SSSR count). The van der Waals surface area contributed by atoms with Crippen molar-refractivity contribution in [1.82, 2.24) is 9.55 Å². The van der Waals surface area contributed by atoms with Crippen molar-refractivity contribution in [3.63, 3.8) is 0 Å². The third-order valence-corrected chi connectivity index (χ3v) is 9.01. The van der Waals surface area contributed by atoms with Crippen LogP contribution in [-0.4, -0.2) is 9.55 Å². The Morgan fingerprint density at radius 3 is 2.00 bits per heavy atom. The molecule has 0 saturated heterocycles. The number of hydrogen-bond donors (Lipinski definition) is 0. The fourth-order valence-electron chi connectivity index (χ4n) is 6.69. The van der Waals surface area contributed by atoms with Gasteiger partial charge in [0.1, 0.15) is 17.3 Å². The number of imidazole rings is 1. The van der Waals surface area contributed by atoms with Crippen LogP contribution >= 0.6 is 0 Å². The number of benzene rings is 5. The second-order valence-electron chi connectivity index (χ2n) is 12.8. The molecule has 3 nitrogen and oxygen atoms in total. The van der Waals surface area contributed by atoms with E-state index in [9.17, 15) is 0 Å². The Kier molecular flexibility index (Phi) is 6.50. The molecule has 0 bridgehead atoms. The minimum Gasteiger partial charge on any atom is -0.456 e. The van der Waals surface area contributed by atoms with E-state index in [1.165, 1.54) is 39.1 Å². The maximum Gasteiger partial charge on any atom is 0.149 e. The van der Waals surface area contributed by atoms with E-state index in [2.05, 4.69) is 155 Å². The van der Waals surface area contributed by atoms with Gasteiger partial charge in [0.25, 0.3) is 0 Å². The van der Waals surface area contributed by atoms with Crippen molar-refractivity contribution < 1.29 is 4.74 Å². The highest BCUT2D eigenvalue weighted by Gasteiger charge is 2.36. The summed E-state index contributed by atoms with van der Waals surface area (Å²) >= 11 is 0. The van der Waals surface area contributed by atoms with E-state index in [1.807, 2.05) is 0 Å². The van der Waals surface area contributed by atoms with Crippen molar-refractivity contribution in [2.45, 2.75) is 58.8 Å². The fraction of sp³-hybridized carbons (Fsp3) is 0.225. The van der Waals surface area contributed by atoms with Crippen LogP contribution in [0.15, 0.2) is 109 Å². The van der Waals surface area contributed by atoms with E-state index in [4.69, 9.17) is 9.72 Å². The quantitative estimate of drug-likeness (QED) is 0.209. The van der Waals surface area contributed by atoms with Crippen molar-refractivity contribution >= 4 is 11.0 Å². The summed E-state index contributed by atoms with van der Waals surface area (Å²) in [5.74, 6) is 3.31. The van der Waals surface area contributed by atoms with Gasteiger partial charge in [-0.05, 0) is 70.5 Å². The van der Waals surface area contributed by atoms with Gasteiger partial charge in [0.2, 0.25) is 0 Å². The first-order valence-corrected chi connectivity index (χ1v) is 15.4. The summed E-state index contributed by atoms with van der Waals surface area (Å²) in [6.07, 6.45) is 0. The van der Waals surface area contributed by atoms with E-state index in [-0.39, 0.29) is 5.41 Å². The minimum absolute atomic E-state index is 0.208. The summed E-state index contributed by atoms with van der Waals surface area (Å²) in [7, 11) is 0. The third-order valence-electron chi connectivity index (χ3n) is 9.01. The first-order chi connectivity index (χ1) is 20.8. The Morgan fingerprint density at radius 1 is 0.651 bits per heavy atom. The average Bonchev–Trinajstić information content (AvgIpc) is 3.39. The van der Waals surface area contributed by atoms with E-state index in [1.54, 1.807) is 0 Å². The number of hydrogen-bond acceptors (Lipinski definition) is 2. The molecule has 2 heterocycles. The Bertz CT molecular complexity index is 1950. The molecule has 43 heavy (non-hydrogen) atoms. The lowest BCUT2D eigenvalue weighted by Gasteiger charge is -2.35. The lowest BCUT2D eigenvalue weighted by atomic mass is 9.75. The molecule has 6 aromatic rings. The predicted octanol–water partition coefficient (Wildman–Crippen LogP) is 11.0. The Labute approximate surface area is 254 Å². The predicted molar refractivity (Wildman–Crippen MR) is 179 cm³/mol. The number of rotatable bonds is 5. The summed E-state index contributed by atoms with van der Waals surface area (Å²) in [6, 6.07) is 38.9. The summed E-state index contributed by atoms with van der Waals surface area (Å²) in [5, 5.41) is 0. The monoisotopic (exact) mass is 562 g/mol. The van der Waals surface area contributed by atoms with Crippen molar-refractivity contribution in [1.29, 1.82) is 0 Å². The standard InChI is InChI=1S/C40H38N2O/c1-25(2)30-23-28(27-15-8-7-9-16-27)24-31(26(3)4)37(30)42-35-21-12-11-20-34(35)41-39(42)29-17-14-19-33-38(29)43-36-22-13-10-18-32(36)40(33,5)6/h7-26H,1-6H3. The Hall–Kier alpha value is -4.63. The second-order valence-corrected chi connectivity index (χ2v) is 12.8. The van der Waals surface area contributed by atoms with Crippen LogP contribution in [0.25, 0.3) is 39.2 Å². The highest BCUT2D eigenvalue weighted by atomic mass is 16.5. The van der Waals surface area contributed by atoms with Crippen LogP contribution in [0.1, 0.15) is 75.6 Å². The van der Waals surface area contributed by atoms with Crippen LogP contribution in [0, 0.1) is 0 Å². The molecular formula is C40H38N2O. The van der Waals surface area contributed by atoms with Gasteiger partial charge in [-0.3, -0.25) is 4.57 Å². The smallest absolute Gasteiger partial charge is 0.149 e. The third kappa shape index (κ3) is 4.38. The molecule has 3 heteroatoms. The van der Waals surface area contributed by atoms with Gasteiger partial charge in [-0.15, -0.1) is 0 Å².